The van der Waals surface area contributed by atoms with E-state index in [1.165, 1.54) is 4.90 Å². The van der Waals surface area contributed by atoms with Gasteiger partial charge in [-0.15, -0.1) is 0 Å². The monoisotopic (exact) mass is 244 g/mol. The van der Waals surface area contributed by atoms with Crippen LogP contribution in [0, 0.1) is 5.92 Å². The molecular formula is C11H20N2O4. The molecule has 1 unspecified atom stereocenters. The molecule has 1 saturated heterocycles. The minimum Gasteiger partial charge on any atom is -0.480 e. The van der Waals surface area contributed by atoms with Crippen molar-refractivity contribution in [3.63, 3.8) is 0 Å². The first kappa shape index (κ1) is 13.9. The Morgan fingerprint density at radius 3 is 2.53 bits per heavy atom. The third kappa shape index (κ3) is 3.41. The highest BCUT2D eigenvalue weighted by Crippen LogP contribution is 2.20. The van der Waals surface area contributed by atoms with Crippen molar-refractivity contribution in [1.82, 2.24) is 4.90 Å². The summed E-state index contributed by atoms with van der Waals surface area (Å²) in [4.78, 5) is 24.1. The smallest absolute Gasteiger partial charge is 0.326 e. The van der Waals surface area contributed by atoms with Crippen molar-refractivity contribution >= 4 is 11.9 Å². The van der Waals surface area contributed by atoms with Crippen LogP contribution in [0.15, 0.2) is 0 Å². The van der Waals surface area contributed by atoms with Crippen LogP contribution in [-0.4, -0.2) is 51.7 Å². The number of likely N-dealkylation sites (tertiary alicyclic amines) is 1. The molecule has 6 heteroatoms. The number of hydrogen-bond acceptors (Lipinski definition) is 4. The number of β-amino-alcohol motifs (C(OH)–C–C–N with tert-alkyl or cyclic N) is 1. The zero-order valence-corrected chi connectivity index (χ0v) is 10.2. The fraction of sp³-hybridized carbons (Fsp3) is 0.818. The molecule has 1 aliphatic heterocycles. The number of aliphatic hydroxyl groups excluding tert-OH is 1. The number of carbonyl (C=O) groups excluding carboxylic acids is 1. The number of aliphatic hydroxyl groups is 1. The van der Waals surface area contributed by atoms with Crippen LogP contribution in [0.5, 0.6) is 0 Å². The molecule has 1 amide bonds. The van der Waals surface area contributed by atoms with Gasteiger partial charge in [0.15, 0.2) is 0 Å². The predicted octanol–water partition coefficient (Wildman–Crippen LogP) is -0.594. The molecule has 0 aromatic rings. The van der Waals surface area contributed by atoms with Gasteiger partial charge in [0.2, 0.25) is 5.91 Å². The Hall–Kier alpha value is -1.14. The lowest BCUT2D eigenvalue weighted by molar-refractivity contribution is -0.148. The SMILES string of the molecule is CC(C)C(N)CC(=O)N1C[C@@H](O)C[C@H]1C(=O)O. The van der Waals surface area contributed by atoms with E-state index < -0.39 is 18.1 Å². The lowest BCUT2D eigenvalue weighted by atomic mass is 10.0. The van der Waals surface area contributed by atoms with Gasteiger partial charge in [-0.3, -0.25) is 4.79 Å². The summed E-state index contributed by atoms with van der Waals surface area (Å²) in [5.74, 6) is -1.21. The van der Waals surface area contributed by atoms with Gasteiger partial charge in [0.1, 0.15) is 6.04 Å². The van der Waals surface area contributed by atoms with E-state index in [2.05, 4.69) is 0 Å². The number of rotatable bonds is 4. The van der Waals surface area contributed by atoms with E-state index >= 15 is 0 Å². The molecule has 0 bridgehead atoms. The van der Waals surface area contributed by atoms with Crippen molar-refractivity contribution in [2.75, 3.05) is 6.54 Å². The molecule has 17 heavy (non-hydrogen) atoms. The minimum atomic E-state index is -1.08. The second-order valence-corrected chi connectivity index (χ2v) is 4.90. The van der Waals surface area contributed by atoms with Crippen LogP contribution in [0.25, 0.3) is 0 Å². The van der Waals surface area contributed by atoms with Crippen LogP contribution >= 0.6 is 0 Å². The van der Waals surface area contributed by atoms with Crippen LogP contribution in [-0.2, 0) is 9.59 Å². The maximum absolute atomic E-state index is 11.9. The molecule has 1 heterocycles. The Bertz CT molecular complexity index is 306. The van der Waals surface area contributed by atoms with Crippen molar-refractivity contribution in [1.29, 1.82) is 0 Å². The van der Waals surface area contributed by atoms with E-state index in [1.807, 2.05) is 13.8 Å². The molecule has 0 aliphatic carbocycles. The normalized spacial score (nSPS) is 26.3. The number of amides is 1. The number of aliphatic carboxylic acids is 1. The van der Waals surface area contributed by atoms with E-state index in [4.69, 9.17) is 10.8 Å². The van der Waals surface area contributed by atoms with Gasteiger partial charge in [-0.25, -0.2) is 4.79 Å². The Labute approximate surface area is 100 Å². The molecule has 1 rings (SSSR count). The molecule has 1 fully saturated rings. The second-order valence-electron chi connectivity index (χ2n) is 4.90. The first-order valence-corrected chi connectivity index (χ1v) is 5.78. The fourth-order valence-electron chi connectivity index (χ4n) is 1.88. The third-order valence-electron chi connectivity index (χ3n) is 3.15. The molecule has 3 atom stereocenters. The highest BCUT2D eigenvalue weighted by molar-refractivity contribution is 5.84. The third-order valence-corrected chi connectivity index (χ3v) is 3.15. The van der Waals surface area contributed by atoms with E-state index in [9.17, 15) is 14.7 Å². The Morgan fingerprint density at radius 1 is 1.47 bits per heavy atom. The van der Waals surface area contributed by atoms with Crippen LogP contribution in [0.2, 0.25) is 0 Å². The molecule has 0 radical (unpaired) electrons. The van der Waals surface area contributed by atoms with Gasteiger partial charge < -0.3 is 20.8 Å². The summed E-state index contributed by atoms with van der Waals surface area (Å²) in [6, 6.07) is -1.20. The van der Waals surface area contributed by atoms with Crippen molar-refractivity contribution in [2.24, 2.45) is 11.7 Å². The van der Waals surface area contributed by atoms with Crippen LogP contribution in [0.4, 0.5) is 0 Å². The van der Waals surface area contributed by atoms with Crippen LogP contribution in [0.3, 0.4) is 0 Å². The van der Waals surface area contributed by atoms with Crippen molar-refractivity contribution in [3.05, 3.63) is 0 Å². The largest absolute Gasteiger partial charge is 0.480 e. The molecule has 6 nitrogen and oxygen atoms in total. The molecule has 4 N–H and O–H groups in total. The van der Waals surface area contributed by atoms with Gasteiger partial charge in [-0.05, 0) is 5.92 Å². The average Bonchev–Trinajstić information content (AvgIpc) is 2.60. The highest BCUT2D eigenvalue weighted by atomic mass is 16.4. The topological polar surface area (TPSA) is 104 Å². The van der Waals surface area contributed by atoms with Crippen LogP contribution in [0.1, 0.15) is 26.7 Å². The molecule has 0 saturated carbocycles. The Balaban J connectivity index is 2.64. The zero-order valence-electron chi connectivity index (χ0n) is 10.2. The Kier molecular flexibility index (Phi) is 4.47. The van der Waals surface area contributed by atoms with Gasteiger partial charge in [-0.2, -0.15) is 0 Å². The molecular weight excluding hydrogens is 224 g/mol. The number of hydrogen-bond donors (Lipinski definition) is 3. The second kappa shape index (κ2) is 5.46. The zero-order chi connectivity index (χ0) is 13.2. The fourth-order valence-corrected chi connectivity index (χ4v) is 1.88. The molecule has 1 aliphatic rings. The summed E-state index contributed by atoms with van der Waals surface area (Å²) in [5.41, 5.74) is 5.78. The number of nitrogens with two attached hydrogens (primary N) is 1. The van der Waals surface area contributed by atoms with E-state index in [0.717, 1.165) is 0 Å². The number of carboxylic acids is 1. The predicted molar refractivity (Wildman–Crippen MR) is 61.2 cm³/mol. The number of nitrogens with zero attached hydrogens (tertiary/aromatic N) is 1. The first-order valence-electron chi connectivity index (χ1n) is 5.78. The van der Waals surface area contributed by atoms with E-state index in [-0.39, 0.29) is 37.3 Å². The van der Waals surface area contributed by atoms with Gasteiger partial charge in [-0.1, -0.05) is 13.8 Å². The quantitative estimate of drug-likeness (QED) is 0.613. The maximum atomic E-state index is 11.9. The van der Waals surface area contributed by atoms with Gasteiger partial charge in [0.05, 0.1) is 6.10 Å². The molecule has 0 aromatic heterocycles. The molecule has 0 aromatic carbocycles. The summed E-state index contributed by atoms with van der Waals surface area (Å²) in [6.07, 6.45) is -0.540. The molecule has 98 valence electrons. The summed E-state index contributed by atoms with van der Waals surface area (Å²) in [7, 11) is 0. The maximum Gasteiger partial charge on any atom is 0.326 e. The number of carbonyl (C=O) groups is 2. The van der Waals surface area contributed by atoms with Gasteiger partial charge in [0, 0.05) is 25.4 Å². The minimum absolute atomic E-state index is 0.0839. The van der Waals surface area contributed by atoms with Crippen molar-refractivity contribution in [3.8, 4) is 0 Å². The average molecular weight is 244 g/mol. The van der Waals surface area contributed by atoms with Gasteiger partial charge in [0.25, 0.3) is 0 Å². The highest BCUT2D eigenvalue weighted by Gasteiger charge is 2.39. The number of carboxylic acid groups (broad SMARTS) is 1. The van der Waals surface area contributed by atoms with E-state index in [1.54, 1.807) is 0 Å². The summed E-state index contributed by atoms with van der Waals surface area (Å²) >= 11 is 0. The first-order chi connectivity index (χ1) is 7.82. The lowest BCUT2D eigenvalue weighted by Gasteiger charge is -2.24. The summed E-state index contributed by atoms with van der Waals surface area (Å²) in [5, 5.41) is 18.4. The summed E-state index contributed by atoms with van der Waals surface area (Å²) in [6.45, 7) is 3.90. The van der Waals surface area contributed by atoms with Crippen LogP contribution < -0.4 is 5.73 Å². The Morgan fingerprint density at radius 2 is 2.06 bits per heavy atom. The van der Waals surface area contributed by atoms with Gasteiger partial charge >= 0.3 is 5.97 Å². The summed E-state index contributed by atoms with van der Waals surface area (Å²) < 4.78 is 0. The lowest BCUT2D eigenvalue weighted by Crippen LogP contribution is -2.43. The van der Waals surface area contributed by atoms with E-state index in [0.29, 0.717) is 0 Å². The standard InChI is InChI=1S/C11H20N2O4/c1-6(2)8(12)4-10(15)13-5-7(14)3-9(13)11(16)17/h6-9,14H,3-5,12H2,1-2H3,(H,16,17)/t7-,8?,9-/m0/s1. The van der Waals surface area contributed by atoms with Crippen molar-refractivity contribution in [2.45, 2.75) is 44.9 Å². The molecule has 0 spiro atoms. The van der Waals surface area contributed by atoms with Crippen molar-refractivity contribution < 1.29 is 19.8 Å².